The minimum absolute atomic E-state index is 0.0770. The van der Waals surface area contributed by atoms with E-state index >= 15 is 0 Å². The maximum atomic E-state index is 13.6. The number of piperidine rings is 1. The molecule has 29 heavy (non-hydrogen) atoms. The van der Waals surface area contributed by atoms with Gasteiger partial charge in [-0.25, -0.2) is 0 Å². The Bertz CT molecular complexity index is 884. The van der Waals surface area contributed by atoms with Gasteiger partial charge in [0.15, 0.2) is 6.67 Å². The van der Waals surface area contributed by atoms with Crippen LogP contribution in [0.3, 0.4) is 0 Å². The number of carbonyl (C=O) groups is 1. The molecule has 3 aliphatic rings. The molecule has 0 saturated carbocycles. The molecule has 152 valence electrons. The minimum atomic E-state index is -1.31. The van der Waals surface area contributed by atoms with Gasteiger partial charge >= 0.3 is 0 Å². The number of benzene rings is 2. The average Bonchev–Trinajstić information content (AvgIpc) is 3.00. The molecule has 0 radical (unpaired) electrons. The van der Waals surface area contributed by atoms with Crippen molar-refractivity contribution in [3.63, 3.8) is 0 Å². The molecular formula is C24H29N2O3+. The van der Waals surface area contributed by atoms with Crippen LogP contribution in [0.5, 0.6) is 0 Å². The van der Waals surface area contributed by atoms with Gasteiger partial charge in [0.1, 0.15) is 0 Å². The fraction of sp³-hybridized carbons (Fsp3) is 0.458. The van der Waals surface area contributed by atoms with Crippen molar-refractivity contribution in [2.45, 2.75) is 37.4 Å². The summed E-state index contributed by atoms with van der Waals surface area (Å²) >= 11 is 0. The van der Waals surface area contributed by atoms with Crippen LogP contribution in [-0.2, 0) is 25.5 Å². The molecule has 0 unspecified atom stereocenters. The van der Waals surface area contributed by atoms with E-state index in [0.717, 1.165) is 24.3 Å². The Kier molecular flexibility index (Phi) is 4.69. The number of para-hydroxylation sites is 1. The number of quaternary nitrogens is 1. The first kappa shape index (κ1) is 18.8. The molecule has 3 heterocycles. The molecule has 2 aromatic carbocycles. The lowest BCUT2D eigenvalue weighted by atomic mass is 9.83. The van der Waals surface area contributed by atoms with Gasteiger partial charge in [0.2, 0.25) is 0 Å². The number of fused-ring (bicyclic) bond motifs is 2. The molecule has 0 aromatic heterocycles. The van der Waals surface area contributed by atoms with Crippen molar-refractivity contribution in [3.8, 4) is 0 Å². The van der Waals surface area contributed by atoms with Crippen molar-refractivity contribution < 1.29 is 19.2 Å². The zero-order valence-electron chi connectivity index (χ0n) is 17.0. The molecule has 5 nitrogen and oxygen atoms in total. The van der Waals surface area contributed by atoms with E-state index in [9.17, 15) is 4.79 Å². The molecular weight excluding hydrogens is 364 g/mol. The van der Waals surface area contributed by atoms with Gasteiger partial charge in [-0.05, 0) is 30.9 Å². The van der Waals surface area contributed by atoms with E-state index in [4.69, 9.17) is 9.47 Å². The van der Waals surface area contributed by atoms with Gasteiger partial charge in [0, 0.05) is 11.0 Å². The second-order valence-electron chi connectivity index (χ2n) is 8.84. The first-order valence-electron chi connectivity index (χ1n) is 10.7. The van der Waals surface area contributed by atoms with Gasteiger partial charge in [-0.3, -0.25) is 9.69 Å². The zero-order valence-corrected chi connectivity index (χ0v) is 17.0. The molecule has 5 heteroatoms. The van der Waals surface area contributed by atoms with Crippen molar-refractivity contribution in [2.24, 2.45) is 0 Å². The molecule has 2 fully saturated rings. The average molecular weight is 394 g/mol. The Morgan fingerprint density at radius 2 is 1.59 bits per heavy atom. The highest BCUT2D eigenvalue weighted by molar-refractivity contribution is 6.06. The Labute approximate surface area is 172 Å². The van der Waals surface area contributed by atoms with Crippen LogP contribution in [0.4, 0.5) is 5.69 Å². The summed E-state index contributed by atoms with van der Waals surface area (Å²) in [5, 5.41) is 0. The number of carbonyl (C=O) groups excluding carboxylic acids is 1. The predicted octanol–water partition coefficient (Wildman–Crippen LogP) is 2.22. The highest BCUT2D eigenvalue weighted by Crippen LogP contribution is 2.47. The predicted molar refractivity (Wildman–Crippen MR) is 111 cm³/mol. The van der Waals surface area contributed by atoms with E-state index < -0.39 is 5.79 Å². The van der Waals surface area contributed by atoms with Crippen molar-refractivity contribution in [3.05, 3.63) is 65.7 Å². The highest BCUT2D eigenvalue weighted by atomic mass is 16.7. The number of amides is 1. The SMILES string of the molecule is CC1(c2ccccc2)COC2(OC1)C(=O)N(C[NH+]1CCCCC1)c1ccccc12. The fourth-order valence-electron chi connectivity index (χ4n) is 4.87. The number of nitrogens with zero attached hydrogens (tertiary/aromatic N) is 1. The quantitative estimate of drug-likeness (QED) is 0.870. The molecule has 5 rings (SSSR count). The van der Waals surface area contributed by atoms with Crippen LogP contribution in [0.15, 0.2) is 54.6 Å². The van der Waals surface area contributed by atoms with Gasteiger partial charge in [0.05, 0.1) is 32.0 Å². The normalized spacial score (nSPS) is 30.0. The maximum absolute atomic E-state index is 13.6. The summed E-state index contributed by atoms with van der Waals surface area (Å²) in [6.07, 6.45) is 3.75. The van der Waals surface area contributed by atoms with Crippen LogP contribution < -0.4 is 9.80 Å². The summed E-state index contributed by atoms with van der Waals surface area (Å²) in [6, 6.07) is 18.2. The number of nitrogens with one attached hydrogen (secondary N) is 1. The lowest BCUT2D eigenvalue weighted by molar-refractivity contribution is -0.903. The Hall–Kier alpha value is -2.21. The summed E-state index contributed by atoms with van der Waals surface area (Å²) in [5.74, 6) is -1.38. The maximum Gasteiger partial charge on any atom is 0.296 e. The molecule has 0 aliphatic carbocycles. The minimum Gasteiger partial charge on any atom is -0.337 e. The molecule has 0 atom stereocenters. The fourth-order valence-corrected chi connectivity index (χ4v) is 4.87. The molecule has 3 aliphatic heterocycles. The number of hydrogen-bond acceptors (Lipinski definition) is 3. The third-order valence-electron chi connectivity index (χ3n) is 6.68. The lowest BCUT2D eigenvalue weighted by Crippen LogP contribution is -3.14. The van der Waals surface area contributed by atoms with Gasteiger partial charge in [-0.15, -0.1) is 0 Å². The molecule has 1 amide bonds. The van der Waals surface area contributed by atoms with E-state index in [0.29, 0.717) is 19.9 Å². The largest absolute Gasteiger partial charge is 0.337 e. The number of likely N-dealkylation sites (tertiary alicyclic amines) is 1. The van der Waals surface area contributed by atoms with Gasteiger partial charge < -0.3 is 14.4 Å². The van der Waals surface area contributed by atoms with Gasteiger partial charge in [-0.2, -0.15) is 0 Å². The van der Waals surface area contributed by atoms with E-state index in [2.05, 4.69) is 19.1 Å². The van der Waals surface area contributed by atoms with Crippen molar-refractivity contribution in [1.29, 1.82) is 0 Å². The Morgan fingerprint density at radius 1 is 0.931 bits per heavy atom. The summed E-state index contributed by atoms with van der Waals surface area (Å²) in [7, 11) is 0. The standard InChI is InChI=1S/C24H28N2O3/c1-23(19-10-4-2-5-11-19)16-28-24(29-17-23)20-12-6-7-13-21(20)26(22(24)27)18-25-14-8-3-9-15-25/h2,4-7,10-13H,3,8-9,14-18H2,1H3/p+1. The summed E-state index contributed by atoms with van der Waals surface area (Å²) in [6.45, 7) is 5.94. The van der Waals surface area contributed by atoms with Crippen LogP contribution in [-0.4, -0.2) is 38.9 Å². The van der Waals surface area contributed by atoms with Crippen molar-refractivity contribution in [1.82, 2.24) is 0 Å². The number of hydrogen-bond donors (Lipinski definition) is 1. The monoisotopic (exact) mass is 393 g/mol. The Morgan fingerprint density at radius 3 is 2.31 bits per heavy atom. The first-order chi connectivity index (χ1) is 14.1. The van der Waals surface area contributed by atoms with Crippen LogP contribution in [0, 0.1) is 0 Å². The van der Waals surface area contributed by atoms with Crippen LogP contribution in [0.1, 0.15) is 37.3 Å². The number of rotatable bonds is 3. The molecule has 2 aromatic rings. The second-order valence-corrected chi connectivity index (χ2v) is 8.84. The summed E-state index contributed by atoms with van der Waals surface area (Å²) in [5.41, 5.74) is 2.67. The number of anilines is 1. The van der Waals surface area contributed by atoms with Gasteiger partial charge in [-0.1, -0.05) is 55.5 Å². The molecule has 0 bridgehead atoms. The van der Waals surface area contributed by atoms with E-state index in [-0.39, 0.29) is 11.3 Å². The topological polar surface area (TPSA) is 43.2 Å². The van der Waals surface area contributed by atoms with E-state index in [1.807, 2.05) is 47.4 Å². The van der Waals surface area contributed by atoms with Crippen molar-refractivity contribution in [2.75, 3.05) is 37.9 Å². The lowest BCUT2D eigenvalue weighted by Gasteiger charge is -2.42. The smallest absolute Gasteiger partial charge is 0.296 e. The van der Waals surface area contributed by atoms with Crippen LogP contribution >= 0.6 is 0 Å². The molecule has 2 saturated heterocycles. The van der Waals surface area contributed by atoms with E-state index in [1.165, 1.54) is 29.7 Å². The third kappa shape index (κ3) is 3.08. The van der Waals surface area contributed by atoms with Crippen molar-refractivity contribution >= 4 is 11.6 Å². The second kappa shape index (κ2) is 7.24. The number of ether oxygens (including phenoxy) is 2. The first-order valence-corrected chi connectivity index (χ1v) is 10.7. The Balaban J connectivity index is 1.43. The van der Waals surface area contributed by atoms with E-state index in [1.54, 1.807) is 0 Å². The third-order valence-corrected chi connectivity index (χ3v) is 6.68. The summed E-state index contributed by atoms with van der Waals surface area (Å²) in [4.78, 5) is 17.0. The van der Waals surface area contributed by atoms with Crippen LogP contribution in [0.25, 0.3) is 0 Å². The van der Waals surface area contributed by atoms with Gasteiger partial charge in [0.25, 0.3) is 11.7 Å². The van der Waals surface area contributed by atoms with Crippen LogP contribution in [0.2, 0.25) is 0 Å². The molecule has 1 N–H and O–H groups in total. The molecule has 1 spiro atoms. The summed E-state index contributed by atoms with van der Waals surface area (Å²) < 4.78 is 12.7. The highest BCUT2D eigenvalue weighted by Gasteiger charge is 2.58. The zero-order chi connectivity index (χ0) is 19.9.